The van der Waals surface area contributed by atoms with Gasteiger partial charge in [0.2, 0.25) is 0 Å². The van der Waals surface area contributed by atoms with Crippen LogP contribution in [0.3, 0.4) is 0 Å². The van der Waals surface area contributed by atoms with E-state index in [4.69, 9.17) is 10.5 Å². The molecule has 1 aromatic rings. The second kappa shape index (κ2) is 6.23. The first-order valence-electron chi connectivity index (χ1n) is 4.85. The quantitative estimate of drug-likeness (QED) is 0.496. The van der Waals surface area contributed by atoms with Crippen LogP contribution in [-0.4, -0.2) is 12.2 Å². The summed E-state index contributed by atoms with van der Waals surface area (Å²) in [5, 5.41) is 0. The third kappa shape index (κ3) is 4.40. The molecule has 0 unspecified atom stereocenters. The molecule has 0 fully saturated rings. The molecule has 16 heavy (non-hydrogen) atoms. The van der Waals surface area contributed by atoms with Crippen molar-refractivity contribution in [3.8, 4) is 0 Å². The Labute approximate surface area is 99.7 Å². The number of hydrogen-bond acceptors (Lipinski definition) is 4. The van der Waals surface area contributed by atoms with Crippen molar-refractivity contribution in [2.75, 3.05) is 6.26 Å². The Kier molecular flexibility index (Phi) is 4.92. The van der Waals surface area contributed by atoms with Gasteiger partial charge in [-0.05, 0) is 30.9 Å². The highest BCUT2D eigenvalue weighted by atomic mass is 32.2. The van der Waals surface area contributed by atoms with Crippen molar-refractivity contribution in [2.24, 2.45) is 5.73 Å². The van der Waals surface area contributed by atoms with Crippen molar-refractivity contribution < 1.29 is 9.53 Å². The van der Waals surface area contributed by atoms with Crippen molar-refractivity contribution in [3.63, 3.8) is 0 Å². The van der Waals surface area contributed by atoms with Crippen LogP contribution < -0.4 is 5.73 Å². The molecule has 0 saturated carbocycles. The number of nitrogens with two attached hydrogens (primary N) is 1. The average molecular weight is 237 g/mol. The molecule has 0 heterocycles. The molecule has 0 aliphatic carbocycles. The summed E-state index contributed by atoms with van der Waals surface area (Å²) in [6.45, 7) is 1.92. The fraction of sp³-hybridized carbons (Fsp3) is 0.250. The lowest BCUT2D eigenvalue weighted by Gasteiger charge is -2.03. The minimum absolute atomic E-state index is 0.275. The van der Waals surface area contributed by atoms with Crippen molar-refractivity contribution >= 4 is 17.7 Å². The number of ether oxygens (including phenoxy) is 1. The Hall–Kier alpha value is -1.42. The summed E-state index contributed by atoms with van der Waals surface area (Å²) in [6.07, 6.45) is 3.29. The number of esters is 1. The lowest BCUT2D eigenvalue weighted by Crippen LogP contribution is -2.04. The predicted octanol–water partition coefficient (Wildman–Crippen LogP) is 2.31. The van der Waals surface area contributed by atoms with E-state index in [0.717, 1.165) is 5.56 Å². The first kappa shape index (κ1) is 12.6. The van der Waals surface area contributed by atoms with Crippen LogP contribution >= 0.6 is 11.8 Å². The second-order valence-corrected chi connectivity index (χ2v) is 4.22. The topological polar surface area (TPSA) is 52.3 Å². The van der Waals surface area contributed by atoms with Crippen molar-refractivity contribution in [2.45, 2.75) is 18.4 Å². The van der Waals surface area contributed by atoms with Crippen molar-refractivity contribution in [1.82, 2.24) is 0 Å². The van der Waals surface area contributed by atoms with Crippen molar-refractivity contribution in [3.05, 3.63) is 41.6 Å². The number of thioether (sulfide) groups is 1. The summed E-state index contributed by atoms with van der Waals surface area (Å²) in [5.74, 6) is -0.408. The van der Waals surface area contributed by atoms with Crippen LogP contribution in [-0.2, 0) is 16.1 Å². The zero-order valence-corrected chi connectivity index (χ0v) is 10.2. The number of rotatable bonds is 4. The SMILES string of the molecule is CSc1ccc(COC(=O)/C=C(/C)N)cc1. The fourth-order valence-corrected chi connectivity index (χ4v) is 1.51. The van der Waals surface area contributed by atoms with Crippen LogP contribution in [0, 0.1) is 0 Å². The highest BCUT2D eigenvalue weighted by molar-refractivity contribution is 7.98. The first-order valence-corrected chi connectivity index (χ1v) is 6.07. The maximum absolute atomic E-state index is 11.2. The summed E-state index contributed by atoms with van der Waals surface area (Å²) in [4.78, 5) is 12.4. The van der Waals surface area contributed by atoms with Gasteiger partial charge in [-0.25, -0.2) is 4.79 Å². The highest BCUT2D eigenvalue weighted by Crippen LogP contribution is 2.15. The van der Waals surface area contributed by atoms with Crippen LogP contribution in [0.15, 0.2) is 40.9 Å². The normalized spacial score (nSPS) is 11.2. The molecule has 0 aliphatic heterocycles. The number of carbonyl (C=O) groups excluding carboxylic acids is 1. The summed E-state index contributed by atoms with van der Waals surface area (Å²) >= 11 is 1.68. The Morgan fingerprint density at radius 1 is 1.44 bits per heavy atom. The lowest BCUT2D eigenvalue weighted by atomic mass is 10.2. The summed E-state index contributed by atoms with van der Waals surface area (Å²) in [7, 11) is 0. The summed E-state index contributed by atoms with van der Waals surface area (Å²) in [5.41, 5.74) is 6.77. The van der Waals surface area contributed by atoms with Gasteiger partial charge in [-0.1, -0.05) is 12.1 Å². The number of carbonyl (C=O) groups is 1. The molecule has 0 radical (unpaired) electrons. The van der Waals surface area contributed by atoms with Gasteiger partial charge >= 0.3 is 5.97 Å². The Morgan fingerprint density at radius 3 is 2.56 bits per heavy atom. The largest absolute Gasteiger partial charge is 0.458 e. The molecule has 0 bridgehead atoms. The van der Waals surface area contributed by atoms with E-state index < -0.39 is 5.97 Å². The molecule has 0 spiro atoms. The van der Waals surface area contributed by atoms with E-state index >= 15 is 0 Å². The summed E-state index contributed by atoms with van der Waals surface area (Å²) in [6, 6.07) is 7.88. The molecule has 4 heteroatoms. The number of benzene rings is 1. The Bertz CT molecular complexity index is 381. The molecule has 0 atom stereocenters. The average Bonchev–Trinajstić information content (AvgIpc) is 2.26. The molecule has 0 aromatic heterocycles. The minimum atomic E-state index is -0.408. The van der Waals surface area contributed by atoms with E-state index in [-0.39, 0.29) is 6.61 Å². The Morgan fingerprint density at radius 2 is 2.06 bits per heavy atom. The van der Waals surface area contributed by atoms with Gasteiger partial charge in [-0.3, -0.25) is 0 Å². The molecule has 1 rings (SSSR count). The van der Waals surface area contributed by atoms with Gasteiger partial charge in [0, 0.05) is 16.7 Å². The van der Waals surface area contributed by atoms with E-state index in [1.165, 1.54) is 11.0 Å². The van der Waals surface area contributed by atoms with E-state index in [9.17, 15) is 4.79 Å². The van der Waals surface area contributed by atoms with Gasteiger partial charge in [0.05, 0.1) is 0 Å². The lowest BCUT2D eigenvalue weighted by molar-refractivity contribution is -0.139. The molecule has 0 aliphatic rings. The van der Waals surface area contributed by atoms with Crippen LogP contribution in [0.2, 0.25) is 0 Å². The maximum atomic E-state index is 11.2. The van der Waals surface area contributed by atoms with Crippen LogP contribution in [0.5, 0.6) is 0 Å². The zero-order chi connectivity index (χ0) is 12.0. The third-order valence-electron chi connectivity index (χ3n) is 1.89. The Balaban J connectivity index is 2.48. The smallest absolute Gasteiger partial charge is 0.332 e. The number of allylic oxidation sites excluding steroid dienone is 1. The van der Waals surface area contributed by atoms with Gasteiger partial charge in [0.1, 0.15) is 6.61 Å². The van der Waals surface area contributed by atoms with Gasteiger partial charge in [0.15, 0.2) is 0 Å². The van der Waals surface area contributed by atoms with E-state index in [1.54, 1.807) is 18.7 Å². The van der Waals surface area contributed by atoms with Crippen molar-refractivity contribution in [1.29, 1.82) is 0 Å². The van der Waals surface area contributed by atoms with Gasteiger partial charge < -0.3 is 10.5 Å². The zero-order valence-electron chi connectivity index (χ0n) is 9.40. The second-order valence-electron chi connectivity index (χ2n) is 3.34. The van der Waals surface area contributed by atoms with Crippen LogP contribution in [0.25, 0.3) is 0 Å². The fourth-order valence-electron chi connectivity index (χ4n) is 1.10. The first-order chi connectivity index (χ1) is 7.61. The van der Waals surface area contributed by atoms with E-state index in [1.807, 2.05) is 30.5 Å². The predicted molar refractivity (Wildman–Crippen MR) is 66.0 cm³/mol. The monoisotopic (exact) mass is 237 g/mol. The summed E-state index contributed by atoms with van der Waals surface area (Å²) < 4.78 is 5.01. The molecule has 0 amide bonds. The molecule has 3 nitrogen and oxygen atoms in total. The maximum Gasteiger partial charge on any atom is 0.332 e. The van der Waals surface area contributed by atoms with E-state index in [2.05, 4.69) is 0 Å². The molecule has 0 saturated heterocycles. The van der Waals surface area contributed by atoms with Crippen LogP contribution in [0.4, 0.5) is 0 Å². The standard InChI is InChI=1S/C12H15NO2S/c1-9(13)7-12(14)15-8-10-3-5-11(16-2)6-4-10/h3-7H,8,13H2,1-2H3/b9-7-. The van der Waals surface area contributed by atoms with E-state index in [0.29, 0.717) is 5.70 Å². The molecule has 86 valence electrons. The number of hydrogen-bond donors (Lipinski definition) is 1. The molecular formula is C12H15NO2S. The highest BCUT2D eigenvalue weighted by Gasteiger charge is 1.99. The molecule has 1 aromatic carbocycles. The van der Waals surface area contributed by atoms with Gasteiger partial charge in [0.25, 0.3) is 0 Å². The molecular weight excluding hydrogens is 222 g/mol. The molecule has 2 N–H and O–H groups in total. The van der Waals surface area contributed by atoms with Gasteiger partial charge in [-0.2, -0.15) is 0 Å². The van der Waals surface area contributed by atoms with Gasteiger partial charge in [-0.15, -0.1) is 11.8 Å². The minimum Gasteiger partial charge on any atom is -0.458 e. The third-order valence-corrected chi connectivity index (χ3v) is 2.63. The van der Waals surface area contributed by atoms with Crippen LogP contribution in [0.1, 0.15) is 12.5 Å².